The minimum Gasteiger partial charge on any atom is -0.496 e. The highest BCUT2D eigenvalue weighted by molar-refractivity contribution is 6.34. The second-order valence-corrected chi connectivity index (χ2v) is 21.0. The van der Waals surface area contributed by atoms with E-state index in [2.05, 4.69) is 20.9 Å². The molecule has 0 spiro atoms. The number of carboxylic acids is 2. The minimum atomic E-state index is -0.996. The van der Waals surface area contributed by atoms with Gasteiger partial charge in [-0.1, -0.05) is 42.3 Å². The van der Waals surface area contributed by atoms with E-state index in [1.807, 2.05) is 54.8 Å². The molecule has 0 radical (unpaired) electrons. The van der Waals surface area contributed by atoms with Gasteiger partial charge in [0.2, 0.25) is 17.7 Å². The molecule has 2 saturated heterocycles. The number of hydrogen-bond acceptors (Lipinski definition) is 16. The number of likely N-dealkylation sites (N-methyl/N-ethyl adjacent to an activating group) is 1. The van der Waals surface area contributed by atoms with E-state index in [0.717, 1.165) is 12.1 Å². The van der Waals surface area contributed by atoms with Crippen LogP contribution in [0.15, 0.2) is 54.6 Å². The van der Waals surface area contributed by atoms with Crippen LogP contribution in [0.25, 0.3) is 28.1 Å². The highest BCUT2D eigenvalue weighted by Crippen LogP contribution is 2.47. The maximum absolute atomic E-state index is 14.4. The number of ether oxygens (including phenoxy) is 5. The van der Waals surface area contributed by atoms with Crippen molar-refractivity contribution >= 4 is 64.5 Å². The molecule has 4 amide bonds. The van der Waals surface area contributed by atoms with Crippen LogP contribution >= 0.6 is 23.2 Å². The van der Waals surface area contributed by atoms with E-state index in [-0.39, 0.29) is 95.6 Å². The Hall–Kier alpha value is -6.41. The van der Waals surface area contributed by atoms with Gasteiger partial charge in [-0.05, 0) is 62.4 Å². The summed E-state index contributed by atoms with van der Waals surface area (Å²) in [4.78, 5) is 85.5. The molecule has 0 aliphatic carbocycles. The molecule has 434 valence electrons. The number of methoxy groups -OCH3 is 1. The third kappa shape index (κ3) is 17.3. The van der Waals surface area contributed by atoms with E-state index in [1.165, 1.54) is 0 Å². The molecule has 0 saturated carbocycles. The van der Waals surface area contributed by atoms with Crippen molar-refractivity contribution in [3.8, 4) is 39.6 Å². The Morgan fingerprint density at radius 2 is 1.36 bits per heavy atom. The smallest absolute Gasteiger partial charge is 0.317 e. The summed E-state index contributed by atoms with van der Waals surface area (Å²) in [6.07, 6.45) is 0.0711. The van der Waals surface area contributed by atoms with Gasteiger partial charge >= 0.3 is 11.9 Å². The monoisotopic (exact) mass is 1150 g/mol. The van der Waals surface area contributed by atoms with Gasteiger partial charge < -0.3 is 59.6 Å². The molecule has 3 aliphatic rings. The Labute approximate surface area is 475 Å². The number of nitrogens with zero attached hydrogens (tertiary/aromatic N) is 7. The minimum absolute atomic E-state index is 0.0131. The van der Waals surface area contributed by atoms with Crippen molar-refractivity contribution in [2.45, 2.75) is 39.3 Å². The average Bonchev–Trinajstić information content (AvgIpc) is 4.06. The van der Waals surface area contributed by atoms with Crippen LogP contribution in [0.1, 0.15) is 43.2 Å². The maximum Gasteiger partial charge on any atom is 0.317 e. The van der Waals surface area contributed by atoms with E-state index in [0.29, 0.717) is 127 Å². The van der Waals surface area contributed by atoms with Gasteiger partial charge in [-0.2, -0.15) is 5.10 Å². The zero-order chi connectivity index (χ0) is 57.3. The maximum atomic E-state index is 14.4. The number of benzene rings is 3. The van der Waals surface area contributed by atoms with Gasteiger partial charge in [0.1, 0.15) is 18.1 Å². The Bertz CT molecular complexity index is 2810. The number of hydrogen-bond donors (Lipinski definition) is 5. The molecule has 4 heterocycles. The number of carboxylic acid groups (broad SMARTS) is 2. The van der Waals surface area contributed by atoms with E-state index >= 15 is 0 Å². The molecule has 5 N–H and O–H groups in total. The molecule has 0 unspecified atom stereocenters. The zero-order valence-corrected chi connectivity index (χ0v) is 47.2. The number of nitrogens with one attached hydrogen (secondary N) is 3. The van der Waals surface area contributed by atoms with Gasteiger partial charge in [0, 0.05) is 104 Å². The van der Waals surface area contributed by atoms with Crippen LogP contribution in [0, 0.1) is 0 Å². The number of amides is 4. The van der Waals surface area contributed by atoms with Gasteiger partial charge in [-0.3, -0.25) is 43.5 Å². The number of aliphatic carboxylic acids is 2. The molecule has 0 bridgehead atoms. The van der Waals surface area contributed by atoms with Crippen molar-refractivity contribution < 1.29 is 62.7 Å². The SMILES string of the molecule is CCN1CCN(CC(=O)O)CCN(CC(=O)O)CCN(CC(=O)NCC(=O)NCCOCCOCCC(=O)Nc2cccc(-c3cc4c(cc3OC)OCc3c(C(=O)N5CCOCC5(C)C)nn(-c5cc(Cl)cc(Cl)c5)c3-4)c2)CC1. The Balaban J connectivity index is 0.855. The summed E-state index contributed by atoms with van der Waals surface area (Å²) in [5.74, 6) is -2.17. The highest BCUT2D eigenvalue weighted by Gasteiger charge is 2.39. The fraction of sp³-hybridized carbons (Fsp3) is 0.509. The van der Waals surface area contributed by atoms with Crippen molar-refractivity contribution in [2.24, 2.45) is 0 Å². The summed E-state index contributed by atoms with van der Waals surface area (Å²) in [7, 11) is 1.56. The summed E-state index contributed by atoms with van der Waals surface area (Å²) < 4.78 is 30.8. The number of halogens is 2. The molecular weight excluding hydrogens is 1080 g/mol. The largest absolute Gasteiger partial charge is 0.496 e. The molecule has 4 aromatic rings. The second-order valence-electron chi connectivity index (χ2n) is 20.2. The first-order valence-electron chi connectivity index (χ1n) is 26.7. The fourth-order valence-corrected chi connectivity index (χ4v) is 10.2. The van der Waals surface area contributed by atoms with E-state index in [4.69, 9.17) is 52.0 Å². The first-order valence-corrected chi connectivity index (χ1v) is 27.4. The normalized spacial score (nSPS) is 16.5. The third-order valence-electron chi connectivity index (χ3n) is 13.9. The summed E-state index contributed by atoms with van der Waals surface area (Å²) in [5, 5.41) is 32.9. The molecule has 7 rings (SSSR count). The fourth-order valence-electron chi connectivity index (χ4n) is 9.65. The molecule has 0 atom stereocenters. The lowest BCUT2D eigenvalue weighted by Crippen LogP contribution is -2.55. The summed E-state index contributed by atoms with van der Waals surface area (Å²) in [5.41, 5.74) is 4.07. The predicted octanol–water partition coefficient (Wildman–Crippen LogP) is 3.67. The van der Waals surface area contributed by atoms with Crippen molar-refractivity contribution in [1.82, 2.24) is 44.9 Å². The van der Waals surface area contributed by atoms with Crippen molar-refractivity contribution in [1.29, 1.82) is 0 Å². The Morgan fingerprint density at radius 1 is 0.725 bits per heavy atom. The number of fused-ring (bicyclic) bond motifs is 3. The third-order valence-corrected chi connectivity index (χ3v) is 14.3. The van der Waals surface area contributed by atoms with E-state index in [9.17, 15) is 39.0 Å². The van der Waals surface area contributed by atoms with Gasteiger partial charge in [-0.15, -0.1) is 0 Å². The lowest BCUT2D eigenvalue weighted by atomic mass is 9.95. The summed E-state index contributed by atoms with van der Waals surface area (Å²) in [6, 6.07) is 16.1. The molecule has 80 heavy (non-hydrogen) atoms. The van der Waals surface area contributed by atoms with E-state index in [1.54, 1.807) is 51.9 Å². The molecule has 3 aliphatic heterocycles. The number of carbonyl (C=O) groups is 6. The topological polar surface area (TPSA) is 259 Å². The predicted molar refractivity (Wildman–Crippen MR) is 299 cm³/mol. The number of morpholine rings is 1. The van der Waals surface area contributed by atoms with Crippen LogP contribution in [0.5, 0.6) is 11.5 Å². The van der Waals surface area contributed by atoms with Crippen LogP contribution in [0.3, 0.4) is 0 Å². The van der Waals surface area contributed by atoms with Gasteiger partial charge in [-0.25, -0.2) is 4.68 Å². The van der Waals surface area contributed by atoms with Crippen LogP contribution in [0.4, 0.5) is 5.69 Å². The zero-order valence-electron chi connectivity index (χ0n) is 45.7. The summed E-state index contributed by atoms with van der Waals surface area (Å²) >= 11 is 13.0. The van der Waals surface area contributed by atoms with Gasteiger partial charge in [0.15, 0.2) is 5.69 Å². The number of anilines is 1. The van der Waals surface area contributed by atoms with Crippen LogP contribution in [-0.2, 0) is 44.8 Å². The molecule has 3 aromatic carbocycles. The molecule has 23 nitrogen and oxygen atoms in total. The average molecular weight is 1150 g/mol. The lowest BCUT2D eigenvalue weighted by Gasteiger charge is -2.41. The Kier molecular flexibility index (Phi) is 22.5. The first kappa shape index (κ1) is 61.2. The van der Waals surface area contributed by atoms with Crippen molar-refractivity contribution in [3.05, 3.63) is 75.9 Å². The molecule has 1 aromatic heterocycles. The number of carbonyl (C=O) groups excluding carboxylic acids is 4. The summed E-state index contributed by atoms with van der Waals surface area (Å²) in [6.45, 7) is 12.1. The van der Waals surface area contributed by atoms with Crippen molar-refractivity contribution in [2.75, 3.05) is 150 Å². The molecular formula is C55H72Cl2N10O13. The standard InChI is InChI=1S/C55H72Cl2N10O13/c1-5-62-11-13-63(15-16-65(34-51(73)74)18-17-64(14-12-62)33-50(71)72)32-49(70)59-31-48(69)58-10-21-78-24-23-77-20-9-47(68)60-40-8-6-7-37(25-40)42-29-43-46(30-45(42)76-4)80-35-44-52(54(75)66-19-22-79-36-55(66,2)3)61-67(53(43)44)41-27-38(56)26-39(57)28-41/h6-8,25-30H,5,9-24,31-36H2,1-4H3,(H,58,69)(H,59,70)(H,60,68)(H,71,72)(H,73,74). The van der Waals surface area contributed by atoms with Gasteiger partial charge in [0.05, 0.1) is 96.3 Å². The quantitative estimate of drug-likeness (QED) is 0.0664. The molecule has 2 fully saturated rings. The lowest BCUT2D eigenvalue weighted by molar-refractivity contribution is -0.140. The Morgan fingerprint density at radius 3 is 1.99 bits per heavy atom. The van der Waals surface area contributed by atoms with Crippen LogP contribution in [0.2, 0.25) is 10.0 Å². The number of aromatic nitrogens is 2. The van der Waals surface area contributed by atoms with Crippen LogP contribution in [-0.4, -0.2) is 231 Å². The highest BCUT2D eigenvalue weighted by atomic mass is 35.5. The number of rotatable bonds is 23. The van der Waals surface area contributed by atoms with E-state index < -0.39 is 23.4 Å². The van der Waals surface area contributed by atoms with Crippen molar-refractivity contribution in [3.63, 3.8) is 0 Å². The first-order chi connectivity index (χ1) is 38.4. The van der Waals surface area contributed by atoms with Crippen LogP contribution < -0.4 is 25.4 Å². The second kappa shape index (κ2) is 29.3. The molecule has 25 heteroatoms. The van der Waals surface area contributed by atoms with Gasteiger partial charge in [0.25, 0.3) is 5.91 Å².